The third-order valence-corrected chi connectivity index (χ3v) is 4.63. The highest BCUT2D eigenvalue weighted by Crippen LogP contribution is 2.33. The molecule has 0 bridgehead atoms. The first kappa shape index (κ1) is 17.3. The van der Waals surface area contributed by atoms with E-state index in [1.165, 1.54) is 12.1 Å². The Balaban J connectivity index is 1.52. The highest BCUT2D eigenvalue weighted by molar-refractivity contribution is 5.92. The first-order valence-corrected chi connectivity index (χ1v) is 8.90. The molecule has 7 heteroatoms. The number of aromatic nitrogens is 3. The molecule has 27 heavy (non-hydrogen) atoms. The van der Waals surface area contributed by atoms with E-state index in [2.05, 4.69) is 15.0 Å². The van der Waals surface area contributed by atoms with Crippen LogP contribution in [0.1, 0.15) is 52.4 Å². The number of hydrogen-bond acceptors (Lipinski definition) is 5. The van der Waals surface area contributed by atoms with Crippen LogP contribution in [0.25, 0.3) is 0 Å². The van der Waals surface area contributed by atoms with E-state index < -0.39 is 0 Å². The van der Waals surface area contributed by atoms with Crippen molar-refractivity contribution in [3.05, 3.63) is 77.3 Å². The lowest BCUT2D eigenvalue weighted by Crippen LogP contribution is -2.31. The molecule has 3 heterocycles. The number of nitrogens with zero attached hydrogens (tertiary/aromatic N) is 4. The van der Waals surface area contributed by atoms with Gasteiger partial charge in [0.2, 0.25) is 5.89 Å². The van der Waals surface area contributed by atoms with E-state index in [1.807, 2.05) is 6.07 Å². The molecule has 3 aromatic rings. The van der Waals surface area contributed by atoms with E-state index in [-0.39, 0.29) is 17.8 Å². The fraction of sp³-hybridized carbons (Fsp3) is 0.300. The summed E-state index contributed by atoms with van der Waals surface area (Å²) in [6, 6.07) is 7.80. The van der Waals surface area contributed by atoms with Crippen molar-refractivity contribution in [1.82, 2.24) is 19.9 Å². The van der Waals surface area contributed by atoms with Gasteiger partial charge in [0, 0.05) is 19.2 Å². The second-order valence-corrected chi connectivity index (χ2v) is 6.62. The number of oxazole rings is 1. The minimum absolute atomic E-state index is 0.145. The molecule has 0 radical (unpaired) electrons. The molecule has 1 aliphatic rings. The normalized spacial score (nSPS) is 16.7. The fourth-order valence-electron chi connectivity index (χ4n) is 3.40. The Bertz CT molecular complexity index is 972. The molecule has 1 saturated heterocycles. The number of aryl methyl sites for hydroxylation is 1. The van der Waals surface area contributed by atoms with Crippen LogP contribution in [0.4, 0.5) is 4.39 Å². The predicted octanol–water partition coefficient (Wildman–Crippen LogP) is 3.48. The Morgan fingerprint density at radius 1 is 1.33 bits per heavy atom. The topological polar surface area (TPSA) is 72.1 Å². The fourth-order valence-corrected chi connectivity index (χ4v) is 3.40. The average Bonchev–Trinajstić information content (AvgIpc) is 3.30. The number of carbonyl (C=O) groups excluding carboxylic acids is 1. The van der Waals surface area contributed by atoms with Crippen LogP contribution in [0.5, 0.6) is 0 Å². The molecule has 0 N–H and O–H groups in total. The van der Waals surface area contributed by atoms with Gasteiger partial charge in [-0.15, -0.1) is 0 Å². The van der Waals surface area contributed by atoms with Gasteiger partial charge in [0.15, 0.2) is 0 Å². The summed E-state index contributed by atoms with van der Waals surface area (Å²) in [6.45, 7) is 2.39. The molecule has 0 aliphatic carbocycles. The highest BCUT2D eigenvalue weighted by atomic mass is 19.1. The summed E-state index contributed by atoms with van der Waals surface area (Å²) in [7, 11) is 0. The van der Waals surface area contributed by atoms with Gasteiger partial charge in [0.05, 0.1) is 6.20 Å². The maximum absolute atomic E-state index is 13.3. The standard InChI is InChI=1S/C20H19FN4O2/c1-13-22-8-7-17(24-13)20(26)25-9-3-6-18(25)19-23-12-16(27-19)11-14-4-2-5-15(21)10-14/h2,4-5,7-8,10,12,18H,3,6,9,11H2,1H3. The van der Waals surface area contributed by atoms with Gasteiger partial charge in [0.25, 0.3) is 5.91 Å². The summed E-state index contributed by atoms with van der Waals surface area (Å²) in [5, 5.41) is 0. The summed E-state index contributed by atoms with van der Waals surface area (Å²) in [4.78, 5) is 27.2. The zero-order chi connectivity index (χ0) is 18.8. The van der Waals surface area contributed by atoms with Crippen LogP contribution in [-0.2, 0) is 6.42 Å². The van der Waals surface area contributed by atoms with Gasteiger partial charge in [-0.3, -0.25) is 4.79 Å². The molecule has 1 fully saturated rings. The van der Waals surface area contributed by atoms with E-state index in [0.717, 1.165) is 18.4 Å². The molecule has 1 amide bonds. The number of benzene rings is 1. The van der Waals surface area contributed by atoms with E-state index in [1.54, 1.807) is 36.4 Å². The third-order valence-electron chi connectivity index (χ3n) is 4.63. The van der Waals surface area contributed by atoms with Gasteiger partial charge in [0.1, 0.15) is 29.1 Å². The van der Waals surface area contributed by atoms with Crippen LogP contribution < -0.4 is 0 Å². The van der Waals surface area contributed by atoms with E-state index in [4.69, 9.17) is 4.42 Å². The highest BCUT2D eigenvalue weighted by Gasteiger charge is 2.34. The van der Waals surface area contributed by atoms with Crippen LogP contribution in [-0.4, -0.2) is 32.3 Å². The summed E-state index contributed by atoms with van der Waals surface area (Å²) in [5.41, 5.74) is 1.19. The predicted molar refractivity (Wildman–Crippen MR) is 95.5 cm³/mol. The van der Waals surface area contributed by atoms with Gasteiger partial charge in [-0.1, -0.05) is 12.1 Å². The molecule has 1 aromatic carbocycles. The molecule has 1 atom stereocenters. The summed E-state index contributed by atoms with van der Waals surface area (Å²) in [6.07, 6.45) is 5.35. The Morgan fingerprint density at radius 2 is 2.22 bits per heavy atom. The van der Waals surface area contributed by atoms with Gasteiger partial charge in [-0.25, -0.2) is 19.3 Å². The quantitative estimate of drug-likeness (QED) is 0.707. The molecule has 1 unspecified atom stereocenters. The lowest BCUT2D eigenvalue weighted by atomic mass is 10.1. The number of hydrogen-bond donors (Lipinski definition) is 0. The number of amides is 1. The van der Waals surface area contributed by atoms with Crippen molar-refractivity contribution < 1.29 is 13.6 Å². The number of carbonyl (C=O) groups is 1. The maximum Gasteiger partial charge on any atom is 0.273 e. The Kier molecular flexibility index (Phi) is 4.66. The smallest absolute Gasteiger partial charge is 0.273 e. The Labute approximate surface area is 156 Å². The van der Waals surface area contributed by atoms with Crippen molar-refractivity contribution in [3.8, 4) is 0 Å². The molecule has 2 aromatic heterocycles. The van der Waals surface area contributed by atoms with Gasteiger partial charge < -0.3 is 9.32 Å². The zero-order valence-corrected chi connectivity index (χ0v) is 14.9. The third kappa shape index (κ3) is 3.72. The Morgan fingerprint density at radius 3 is 3.04 bits per heavy atom. The van der Waals surface area contributed by atoms with E-state index in [0.29, 0.717) is 36.1 Å². The van der Waals surface area contributed by atoms with Crippen LogP contribution in [0.15, 0.2) is 47.1 Å². The SMILES string of the molecule is Cc1nccc(C(=O)N2CCCC2c2ncc(Cc3cccc(F)c3)o2)n1. The van der Waals surface area contributed by atoms with Crippen molar-refractivity contribution in [2.45, 2.75) is 32.2 Å². The molecule has 0 saturated carbocycles. The van der Waals surface area contributed by atoms with Gasteiger partial charge >= 0.3 is 0 Å². The summed E-state index contributed by atoms with van der Waals surface area (Å²) >= 11 is 0. The van der Waals surface area contributed by atoms with Gasteiger partial charge in [-0.2, -0.15) is 0 Å². The zero-order valence-electron chi connectivity index (χ0n) is 14.9. The Hall–Kier alpha value is -3.09. The summed E-state index contributed by atoms with van der Waals surface area (Å²) in [5.74, 6) is 1.30. The van der Waals surface area contributed by atoms with Crippen LogP contribution in [0.3, 0.4) is 0 Å². The summed E-state index contributed by atoms with van der Waals surface area (Å²) < 4.78 is 19.2. The van der Waals surface area contributed by atoms with Crippen LogP contribution >= 0.6 is 0 Å². The number of rotatable bonds is 4. The second kappa shape index (κ2) is 7.26. The van der Waals surface area contributed by atoms with Crippen molar-refractivity contribution in [1.29, 1.82) is 0 Å². The first-order chi connectivity index (χ1) is 13.1. The lowest BCUT2D eigenvalue weighted by molar-refractivity contribution is 0.0708. The molecule has 1 aliphatic heterocycles. The van der Waals surface area contributed by atoms with Crippen LogP contribution in [0.2, 0.25) is 0 Å². The second-order valence-electron chi connectivity index (χ2n) is 6.62. The van der Waals surface area contributed by atoms with E-state index >= 15 is 0 Å². The van der Waals surface area contributed by atoms with Gasteiger partial charge in [-0.05, 0) is 43.5 Å². The van der Waals surface area contributed by atoms with Crippen molar-refractivity contribution in [3.63, 3.8) is 0 Å². The monoisotopic (exact) mass is 366 g/mol. The van der Waals surface area contributed by atoms with Crippen molar-refractivity contribution in [2.75, 3.05) is 6.54 Å². The number of likely N-dealkylation sites (tertiary alicyclic amines) is 1. The minimum atomic E-state index is -0.278. The minimum Gasteiger partial charge on any atom is -0.443 e. The van der Waals surface area contributed by atoms with Crippen LogP contribution in [0, 0.1) is 12.7 Å². The molecular formula is C20H19FN4O2. The molecule has 6 nitrogen and oxygen atoms in total. The lowest BCUT2D eigenvalue weighted by Gasteiger charge is -2.21. The largest absolute Gasteiger partial charge is 0.443 e. The average molecular weight is 366 g/mol. The molecule has 0 spiro atoms. The van der Waals surface area contributed by atoms with Crippen molar-refractivity contribution >= 4 is 5.91 Å². The molecule has 138 valence electrons. The molecule has 4 rings (SSSR count). The molecular weight excluding hydrogens is 347 g/mol. The van der Waals surface area contributed by atoms with E-state index in [9.17, 15) is 9.18 Å². The number of halogens is 1. The maximum atomic E-state index is 13.3. The van der Waals surface area contributed by atoms with Crippen molar-refractivity contribution in [2.24, 2.45) is 0 Å². The first-order valence-electron chi connectivity index (χ1n) is 8.90.